The molecule has 20 heavy (non-hydrogen) atoms. The lowest BCUT2D eigenvalue weighted by molar-refractivity contribution is 0.601. The van der Waals surface area contributed by atoms with Crippen molar-refractivity contribution in [2.24, 2.45) is 0 Å². The lowest BCUT2D eigenvalue weighted by Gasteiger charge is -2.11. The van der Waals surface area contributed by atoms with Crippen LogP contribution >= 0.6 is 55.1 Å². The molecule has 9 heteroatoms. The second kappa shape index (κ2) is 6.19. The van der Waals surface area contributed by atoms with Gasteiger partial charge >= 0.3 is 0 Å². The fraction of sp³-hybridized carbons (Fsp3) is 0. The molecule has 4 nitrogen and oxygen atoms in total. The van der Waals surface area contributed by atoms with Crippen molar-refractivity contribution < 1.29 is 8.42 Å². The van der Waals surface area contributed by atoms with E-state index in [4.69, 9.17) is 23.2 Å². The first-order chi connectivity index (χ1) is 9.29. The summed E-state index contributed by atoms with van der Waals surface area (Å²) in [5.41, 5.74) is 0.309. The first kappa shape index (κ1) is 16.0. The predicted octanol–water partition coefficient (Wildman–Crippen LogP) is 4.71. The maximum absolute atomic E-state index is 12.3. The summed E-state index contributed by atoms with van der Waals surface area (Å²) in [6.07, 6.45) is 1.38. The molecule has 0 radical (unpaired) electrons. The van der Waals surface area contributed by atoms with Crippen LogP contribution < -0.4 is 4.72 Å². The molecular weight excluding hydrogens is 455 g/mol. The molecule has 0 saturated carbocycles. The highest BCUT2D eigenvalue weighted by Crippen LogP contribution is 2.33. The molecule has 0 unspecified atom stereocenters. The van der Waals surface area contributed by atoms with E-state index in [2.05, 4.69) is 41.6 Å². The standard InChI is InChI=1S/C11H6Br2Cl2N2O2S/c12-6-3-8(14)11(9(15)4-6)20(18,19)17-7-1-2-10(13)16-5-7/h1-5,17H. The van der Waals surface area contributed by atoms with Gasteiger partial charge in [-0.3, -0.25) is 4.72 Å². The number of benzene rings is 1. The highest BCUT2D eigenvalue weighted by molar-refractivity contribution is 9.10. The lowest BCUT2D eigenvalue weighted by atomic mass is 10.4. The highest BCUT2D eigenvalue weighted by Gasteiger charge is 2.22. The molecule has 2 rings (SSSR count). The third-order valence-electron chi connectivity index (χ3n) is 2.21. The maximum Gasteiger partial charge on any atom is 0.264 e. The molecule has 2 aromatic rings. The van der Waals surface area contributed by atoms with Crippen LogP contribution in [-0.2, 0) is 10.0 Å². The minimum absolute atomic E-state index is 0.0296. The number of hydrogen-bond acceptors (Lipinski definition) is 3. The minimum atomic E-state index is -3.89. The minimum Gasteiger partial charge on any atom is -0.278 e. The topological polar surface area (TPSA) is 59.1 Å². The molecule has 0 spiro atoms. The third kappa shape index (κ3) is 3.65. The number of anilines is 1. The number of aromatic nitrogens is 1. The molecule has 0 aliphatic rings. The predicted molar refractivity (Wildman–Crippen MR) is 86.9 cm³/mol. The van der Waals surface area contributed by atoms with Crippen molar-refractivity contribution in [3.8, 4) is 0 Å². The van der Waals surface area contributed by atoms with Crippen molar-refractivity contribution in [1.82, 2.24) is 4.98 Å². The van der Waals surface area contributed by atoms with Crippen LogP contribution in [0.4, 0.5) is 5.69 Å². The summed E-state index contributed by atoms with van der Waals surface area (Å²) in [5, 5.41) is 0.0592. The van der Waals surface area contributed by atoms with Crippen molar-refractivity contribution in [2.75, 3.05) is 4.72 Å². The van der Waals surface area contributed by atoms with Gasteiger partial charge in [0.25, 0.3) is 10.0 Å². The van der Waals surface area contributed by atoms with Gasteiger partial charge in [-0.1, -0.05) is 39.1 Å². The first-order valence-electron chi connectivity index (χ1n) is 5.08. The van der Waals surface area contributed by atoms with Crippen molar-refractivity contribution in [3.63, 3.8) is 0 Å². The number of nitrogens with one attached hydrogen (secondary N) is 1. The molecule has 1 aromatic carbocycles. The van der Waals surface area contributed by atoms with Crippen molar-refractivity contribution >= 4 is 70.8 Å². The number of hydrogen-bond donors (Lipinski definition) is 1. The van der Waals surface area contributed by atoms with E-state index >= 15 is 0 Å². The van der Waals surface area contributed by atoms with Gasteiger partial charge in [-0.05, 0) is 40.2 Å². The number of nitrogens with zero attached hydrogens (tertiary/aromatic N) is 1. The van der Waals surface area contributed by atoms with Crippen LogP contribution in [0, 0.1) is 0 Å². The summed E-state index contributed by atoms with van der Waals surface area (Å²) in [5.74, 6) is 0. The molecular formula is C11H6Br2Cl2N2O2S. The van der Waals surface area contributed by atoms with E-state index in [0.717, 1.165) is 0 Å². The van der Waals surface area contributed by atoms with Gasteiger partial charge in [0.2, 0.25) is 0 Å². The Morgan fingerprint density at radius 1 is 1.10 bits per heavy atom. The van der Waals surface area contributed by atoms with Gasteiger partial charge in [-0.2, -0.15) is 0 Å². The van der Waals surface area contributed by atoms with Crippen LogP contribution in [0.2, 0.25) is 10.0 Å². The zero-order valence-electron chi connectivity index (χ0n) is 9.57. The van der Waals surface area contributed by atoms with Gasteiger partial charge in [0.05, 0.1) is 21.9 Å². The van der Waals surface area contributed by atoms with E-state index in [0.29, 0.717) is 14.8 Å². The molecule has 1 aromatic heterocycles. The summed E-state index contributed by atoms with van der Waals surface area (Å²) in [7, 11) is -3.89. The molecule has 1 N–H and O–H groups in total. The Balaban J connectivity index is 2.43. The molecule has 106 valence electrons. The summed E-state index contributed by atoms with van der Waals surface area (Å²) >= 11 is 18.3. The van der Waals surface area contributed by atoms with E-state index in [1.165, 1.54) is 18.3 Å². The van der Waals surface area contributed by atoms with E-state index in [-0.39, 0.29) is 14.9 Å². The third-order valence-corrected chi connectivity index (χ3v) is 5.44. The number of sulfonamides is 1. The monoisotopic (exact) mass is 458 g/mol. The van der Waals surface area contributed by atoms with Crippen molar-refractivity contribution in [3.05, 3.63) is 49.6 Å². The fourth-order valence-electron chi connectivity index (χ4n) is 1.43. The lowest BCUT2D eigenvalue weighted by Crippen LogP contribution is -2.14. The second-order valence-corrected chi connectivity index (χ2v) is 7.84. The van der Waals surface area contributed by atoms with E-state index in [9.17, 15) is 8.42 Å². The average Bonchev–Trinajstić information content (AvgIpc) is 2.30. The Hall–Kier alpha value is -0.340. The van der Waals surface area contributed by atoms with Gasteiger partial charge in [-0.15, -0.1) is 0 Å². The van der Waals surface area contributed by atoms with E-state index in [1.54, 1.807) is 12.1 Å². The molecule has 0 aliphatic heterocycles. The molecule has 0 saturated heterocycles. The SMILES string of the molecule is O=S(=O)(Nc1ccc(Br)nc1)c1c(Cl)cc(Br)cc1Cl. The summed E-state index contributed by atoms with van der Waals surface area (Å²) in [6.45, 7) is 0. The molecule has 0 aliphatic carbocycles. The first-order valence-corrected chi connectivity index (χ1v) is 8.91. The number of pyridine rings is 1. The Bertz CT molecular complexity index is 729. The van der Waals surface area contributed by atoms with E-state index < -0.39 is 10.0 Å². The maximum atomic E-state index is 12.3. The zero-order chi connectivity index (χ0) is 14.9. The van der Waals surface area contributed by atoms with Crippen LogP contribution in [-0.4, -0.2) is 13.4 Å². The molecule has 0 fully saturated rings. The van der Waals surface area contributed by atoms with Gasteiger partial charge in [0.1, 0.15) is 9.50 Å². The average molecular weight is 461 g/mol. The Labute approximate surface area is 142 Å². The summed E-state index contributed by atoms with van der Waals surface area (Å²) in [4.78, 5) is 3.76. The van der Waals surface area contributed by atoms with E-state index in [1.807, 2.05) is 0 Å². The molecule has 0 amide bonds. The van der Waals surface area contributed by atoms with Crippen LogP contribution in [0.5, 0.6) is 0 Å². The van der Waals surface area contributed by atoms with Crippen molar-refractivity contribution in [1.29, 1.82) is 0 Å². The fourth-order valence-corrected chi connectivity index (χ4v) is 4.64. The largest absolute Gasteiger partial charge is 0.278 e. The highest BCUT2D eigenvalue weighted by atomic mass is 79.9. The molecule has 0 bridgehead atoms. The van der Waals surface area contributed by atoms with Gasteiger partial charge in [-0.25, -0.2) is 13.4 Å². The van der Waals surface area contributed by atoms with Gasteiger partial charge in [0.15, 0.2) is 0 Å². The van der Waals surface area contributed by atoms with Crippen LogP contribution in [0.1, 0.15) is 0 Å². The van der Waals surface area contributed by atoms with Gasteiger partial charge in [0, 0.05) is 4.47 Å². The Morgan fingerprint density at radius 3 is 2.20 bits per heavy atom. The normalized spacial score (nSPS) is 11.4. The summed E-state index contributed by atoms with van der Waals surface area (Å²) < 4.78 is 28.2. The second-order valence-electron chi connectivity index (χ2n) is 3.67. The van der Waals surface area contributed by atoms with Crippen LogP contribution in [0.3, 0.4) is 0 Å². The zero-order valence-corrected chi connectivity index (χ0v) is 15.1. The molecule has 1 heterocycles. The molecule has 0 atom stereocenters. The Kier molecular flexibility index (Phi) is 4.96. The Morgan fingerprint density at radius 2 is 1.70 bits per heavy atom. The smallest absolute Gasteiger partial charge is 0.264 e. The van der Waals surface area contributed by atoms with Crippen LogP contribution in [0.25, 0.3) is 0 Å². The number of halogens is 4. The summed E-state index contributed by atoms with van der Waals surface area (Å²) in [6, 6.07) is 6.10. The van der Waals surface area contributed by atoms with Crippen LogP contribution in [0.15, 0.2) is 44.4 Å². The number of rotatable bonds is 3. The van der Waals surface area contributed by atoms with Crippen molar-refractivity contribution in [2.45, 2.75) is 4.90 Å². The van der Waals surface area contributed by atoms with Gasteiger partial charge < -0.3 is 0 Å². The quantitative estimate of drug-likeness (QED) is 0.674.